The maximum Gasteiger partial charge on any atom is 0.308 e. The zero-order valence-corrected chi connectivity index (χ0v) is 17.5. The van der Waals surface area contributed by atoms with Gasteiger partial charge in [-0.2, -0.15) is 4.94 Å². The van der Waals surface area contributed by atoms with Crippen molar-refractivity contribution >= 4 is 40.9 Å². The summed E-state index contributed by atoms with van der Waals surface area (Å²) in [5.74, 6) is -0.429. The number of rotatable bonds is 9. The van der Waals surface area contributed by atoms with E-state index < -0.39 is 0 Å². The first-order chi connectivity index (χ1) is 12.9. The van der Waals surface area contributed by atoms with Crippen LogP contribution in [0.1, 0.15) is 25.8 Å². The number of ether oxygens (including phenoxy) is 1. The quantitative estimate of drug-likeness (QED) is 0.318. The first-order valence-electron chi connectivity index (χ1n) is 8.76. The summed E-state index contributed by atoms with van der Waals surface area (Å²) < 4.78 is 5.08. The summed E-state index contributed by atoms with van der Waals surface area (Å²) in [6.07, 6.45) is 1.30. The number of hydrogen-bond donors (Lipinski definition) is 2. The summed E-state index contributed by atoms with van der Waals surface area (Å²) in [5.41, 5.74) is 5.98. The highest BCUT2D eigenvalue weighted by atomic mass is 35.5. The van der Waals surface area contributed by atoms with Crippen LogP contribution in [0.2, 0.25) is 10.0 Å². The molecule has 27 heavy (non-hydrogen) atoms. The lowest BCUT2D eigenvalue weighted by atomic mass is 9.95. The van der Waals surface area contributed by atoms with Gasteiger partial charge in [0.05, 0.1) is 12.5 Å². The molecule has 0 aliphatic rings. The molecule has 0 aliphatic carbocycles. The van der Waals surface area contributed by atoms with Crippen molar-refractivity contribution in [3.8, 4) is 11.1 Å². The minimum absolute atomic E-state index is 0.0255. The molecule has 0 spiro atoms. The van der Waals surface area contributed by atoms with Crippen LogP contribution in [0, 0.1) is 5.92 Å². The van der Waals surface area contributed by atoms with Crippen molar-refractivity contribution in [3.63, 3.8) is 0 Å². The Morgan fingerprint density at radius 3 is 2.48 bits per heavy atom. The SMILES string of the molecule is CCOC(=O)C(C)C[C@@H](Cc1ccc(-c2cc(Cl)ccc2Cl)cc1)NNCl. The highest BCUT2D eigenvalue weighted by molar-refractivity contribution is 6.35. The highest BCUT2D eigenvalue weighted by Crippen LogP contribution is 2.30. The second-order valence-electron chi connectivity index (χ2n) is 6.35. The maximum absolute atomic E-state index is 11.9. The molecule has 0 fully saturated rings. The molecule has 0 saturated heterocycles. The molecule has 0 radical (unpaired) electrons. The Balaban J connectivity index is 2.08. The zero-order chi connectivity index (χ0) is 19.8. The number of hydrogen-bond acceptors (Lipinski definition) is 4. The smallest absolute Gasteiger partial charge is 0.308 e. The van der Waals surface area contributed by atoms with Crippen molar-refractivity contribution in [3.05, 3.63) is 58.1 Å². The molecule has 1 unspecified atom stereocenters. The maximum atomic E-state index is 11.9. The summed E-state index contributed by atoms with van der Waals surface area (Å²) in [6, 6.07) is 13.5. The Kier molecular flexibility index (Phi) is 8.87. The van der Waals surface area contributed by atoms with Crippen molar-refractivity contribution < 1.29 is 9.53 Å². The molecular formula is C20H23Cl3N2O2. The minimum atomic E-state index is -0.225. The molecule has 2 aromatic carbocycles. The van der Waals surface area contributed by atoms with Gasteiger partial charge in [0, 0.05) is 21.7 Å². The van der Waals surface area contributed by atoms with Crippen molar-refractivity contribution in [1.29, 1.82) is 0 Å². The predicted molar refractivity (Wildman–Crippen MR) is 112 cm³/mol. The summed E-state index contributed by atoms with van der Waals surface area (Å²) in [7, 11) is 0. The number of nitrogens with one attached hydrogen (secondary N) is 2. The van der Waals surface area contributed by atoms with E-state index in [1.54, 1.807) is 19.1 Å². The molecular weight excluding hydrogens is 407 g/mol. The van der Waals surface area contributed by atoms with Gasteiger partial charge in [0.25, 0.3) is 0 Å². The van der Waals surface area contributed by atoms with Gasteiger partial charge in [-0.25, -0.2) is 5.43 Å². The molecule has 146 valence electrons. The van der Waals surface area contributed by atoms with Crippen LogP contribution in [0.15, 0.2) is 42.5 Å². The number of halogens is 3. The van der Waals surface area contributed by atoms with Gasteiger partial charge in [-0.3, -0.25) is 4.79 Å². The topological polar surface area (TPSA) is 50.4 Å². The number of esters is 1. The van der Waals surface area contributed by atoms with Crippen molar-refractivity contribution in [2.75, 3.05) is 6.61 Å². The Morgan fingerprint density at radius 2 is 1.85 bits per heavy atom. The zero-order valence-electron chi connectivity index (χ0n) is 15.3. The standard InChI is InChI=1S/C20H23Cl3N2O2/c1-3-27-20(26)13(2)10-17(24-25-23)11-14-4-6-15(7-5-14)18-12-16(21)8-9-19(18)22/h4-9,12-13,17,24-25H,3,10-11H2,1-2H3/t13?,17-/m0/s1. The lowest BCUT2D eigenvalue weighted by Crippen LogP contribution is -2.39. The molecule has 0 saturated carbocycles. The fourth-order valence-corrected chi connectivity index (χ4v) is 3.45. The fourth-order valence-electron chi connectivity index (χ4n) is 2.90. The Hall–Kier alpha value is -1.30. The third-order valence-electron chi connectivity index (χ3n) is 4.26. The van der Waals surface area contributed by atoms with Crippen LogP contribution >= 0.6 is 35.0 Å². The molecule has 0 aliphatic heterocycles. The third-order valence-corrected chi connectivity index (χ3v) is 4.93. The summed E-state index contributed by atoms with van der Waals surface area (Å²) in [5, 5.41) is 1.30. The second kappa shape index (κ2) is 10.9. The van der Waals surface area contributed by atoms with Crippen LogP contribution in [-0.4, -0.2) is 18.6 Å². The van der Waals surface area contributed by atoms with E-state index in [2.05, 4.69) is 10.4 Å². The first kappa shape index (κ1) is 22.0. The van der Waals surface area contributed by atoms with Crippen LogP contribution in [0.25, 0.3) is 11.1 Å². The van der Waals surface area contributed by atoms with Crippen LogP contribution in [0.5, 0.6) is 0 Å². The number of hydrazine groups is 1. The van der Waals surface area contributed by atoms with E-state index in [9.17, 15) is 4.79 Å². The second-order valence-corrected chi connectivity index (χ2v) is 7.38. The van der Waals surface area contributed by atoms with E-state index in [1.807, 2.05) is 37.3 Å². The predicted octanol–water partition coefficient (Wildman–Crippen LogP) is 5.41. The lowest BCUT2D eigenvalue weighted by molar-refractivity contribution is -0.147. The van der Waals surface area contributed by atoms with Gasteiger partial charge in [-0.15, -0.1) is 0 Å². The summed E-state index contributed by atoms with van der Waals surface area (Å²) in [4.78, 5) is 14.3. The van der Waals surface area contributed by atoms with E-state index in [1.165, 1.54) is 0 Å². The molecule has 2 rings (SSSR count). The van der Waals surface area contributed by atoms with Gasteiger partial charge >= 0.3 is 5.97 Å². The van der Waals surface area contributed by atoms with Gasteiger partial charge < -0.3 is 4.74 Å². The van der Waals surface area contributed by atoms with Crippen LogP contribution in [0.3, 0.4) is 0 Å². The van der Waals surface area contributed by atoms with E-state index in [4.69, 9.17) is 39.7 Å². The normalized spacial score (nSPS) is 13.2. The number of carbonyl (C=O) groups is 1. The van der Waals surface area contributed by atoms with E-state index in [-0.39, 0.29) is 17.9 Å². The summed E-state index contributed by atoms with van der Waals surface area (Å²) in [6.45, 7) is 4.03. The van der Waals surface area contributed by atoms with Gasteiger partial charge in [0.1, 0.15) is 0 Å². The largest absolute Gasteiger partial charge is 0.466 e. The van der Waals surface area contributed by atoms with Crippen molar-refractivity contribution in [2.24, 2.45) is 5.92 Å². The molecule has 2 N–H and O–H groups in total. The fraction of sp³-hybridized carbons (Fsp3) is 0.350. The lowest BCUT2D eigenvalue weighted by Gasteiger charge is -2.20. The number of benzene rings is 2. The van der Waals surface area contributed by atoms with Gasteiger partial charge in [-0.05, 0) is 60.9 Å². The Labute approximate surface area is 175 Å². The summed E-state index contributed by atoms with van der Waals surface area (Å²) >= 11 is 18.0. The van der Waals surface area contributed by atoms with Gasteiger partial charge in [-0.1, -0.05) is 54.4 Å². The molecule has 0 bridgehead atoms. The van der Waals surface area contributed by atoms with E-state index in [0.29, 0.717) is 29.5 Å². The Morgan fingerprint density at radius 1 is 1.15 bits per heavy atom. The average Bonchev–Trinajstić information content (AvgIpc) is 2.65. The molecule has 4 nitrogen and oxygen atoms in total. The average molecular weight is 430 g/mol. The molecule has 0 amide bonds. The van der Waals surface area contributed by atoms with Gasteiger partial charge in [0.2, 0.25) is 0 Å². The molecule has 7 heteroatoms. The van der Waals surface area contributed by atoms with Crippen LogP contribution < -0.4 is 10.4 Å². The van der Waals surface area contributed by atoms with Crippen LogP contribution in [-0.2, 0) is 16.0 Å². The molecule has 0 aromatic heterocycles. The van der Waals surface area contributed by atoms with Crippen LogP contribution in [0.4, 0.5) is 0 Å². The number of carbonyl (C=O) groups excluding carboxylic acids is 1. The minimum Gasteiger partial charge on any atom is -0.466 e. The molecule has 2 atom stereocenters. The monoisotopic (exact) mass is 428 g/mol. The van der Waals surface area contributed by atoms with E-state index in [0.717, 1.165) is 16.7 Å². The van der Waals surface area contributed by atoms with Crippen molar-refractivity contribution in [1.82, 2.24) is 10.4 Å². The first-order valence-corrected chi connectivity index (χ1v) is 9.90. The Bertz CT molecular complexity index is 753. The molecule has 0 heterocycles. The molecule has 2 aromatic rings. The van der Waals surface area contributed by atoms with E-state index >= 15 is 0 Å². The highest BCUT2D eigenvalue weighted by Gasteiger charge is 2.20. The van der Waals surface area contributed by atoms with Crippen molar-refractivity contribution in [2.45, 2.75) is 32.7 Å². The van der Waals surface area contributed by atoms with Gasteiger partial charge in [0.15, 0.2) is 0 Å². The third kappa shape index (κ3) is 6.66.